The molecule has 0 aromatic heterocycles. The molecule has 4 nitrogen and oxygen atoms in total. The fourth-order valence-corrected chi connectivity index (χ4v) is 1.29. The molecule has 0 atom stereocenters. The molecule has 0 aliphatic rings. The van der Waals surface area contributed by atoms with Crippen LogP contribution < -0.4 is 0 Å². The Morgan fingerprint density at radius 1 is 1.18 bits per heavy atom. The number of aliphatic hydroxyl groups excluding tert-OH is 1. The molecule has 0 bridgehead atoms. The van der Waals surface area contributed by atoms with E-state index in [1.807, 2.05) is 0 Å². The molecule has 1 rings (SSSR count). The van der Waals surface area contributed by atoms with E-state index in [1.54, 1.807) is 0 Å². The molecule has 0 saturated carbocycles. The van der Waals surface area contributed by atoms with Gasteiger partial charge in [-0.2, -0.15) is 0 Å². The molecule has 0 aliphatic heterocycles. The van der Waals surface area contributed by atoms with Crippen molar-refractivity contribution in [2.45, 2.75) is 6.92 Å². The molecule has 3 N–H and O–H groups in total. The summed E-state index contributed by atoms with van der Waals surface area (Å²) in [5.41, 5.74) is -1.61. The smallest absolute Gasteiger partial charge is 0.341 e. The molecule has 0 heterocycles. The van der Waals surface area contributed by atoms with E-state index in [1.165, 1.54) is 0 Å². The normalized spacial score (nSPS) is 11.9. The van der Waals surface area contributed by atoms with E-state index in [0.29, 0.717) is 6.07 Å². The molecule has 0 saturated heterocycles. The Balaban J connectivity index is 3.29. The lowest BCUT2D eigenvalue weighted by atomic mass is 10.0. The monoisotopic (exact) mass is 241 g/mol. The predicted octanol–water partition coefficient (Wildman–Crippen LogP) is 2.25. The first kappa shape index (κ1) is 12.8. The van der Waals surface area contributed by atoms with E-state index in [2.05, 4.69) is 0 Å². The van der Waals surface area contributed by atoms with Crippen LogP contribution in [0.2, 0.25) is 0 Å². The number of carboxylic acid groups (broad SMARTS) is 1. The van der Waals surface area contributed by atoms with Crippen LogP contribution in [0.5, 0.6) is 0 Å². The van der Waals surface area contributed by atoms with Crippen molar-refractivity contribution in [1.29, 1.82) is 5.41 Å². The Bertz CT molecular complexity index is 499. The van der Waals surface area contributed by atoms with Gasteiger partial charge in [0.05, 0.1) is 5.71 Å². The Morgan fingerprint density at radius 3 is 2.00 bits per heavy atom. The molecule has 6 heteroatoms. The third-order valence-electron chi connectivity index (χ3n) is 1.98. The van der Waals surface area contributed by atoms with Gasteiger partial charge in [0.15, 0.2) is 0 Å². The number of carbonyl (C=O) groups is 1. The minimum absolute atomic E-state index is 0.256. The van der Waals surface area contributed by atoms with E-state index in [0.717, 1.165) is 19.1 Å². The third-order valence-corrected chi connectivity index (χ3v) is 1.98. The minimum atomic E-state index is -1.54. The van der Waals surface area contributed by atoms with Crippen molar-refractivity contribution < 1.29 is 23.8 Å². The van der Waals surface area contributed by atoms with Gasteiger partial charge in [0.1, 0.15) is 23.0 Å². The molecule has 90 valence electrons. The zero-order valence-electron chi connectivity index (χ0n) is 8.79. The summed E-state index contributed by atoms with van der Waals surface area (Å²) in [6.45, 7) is 1.08. The second kappa shape index (κ2) is 4.73. The maximum Gasteiger partial charge on any atom is 0.341 e. The van der Waals surface area contributed by atoms with Gasteiger partial charge in [-0.3, -0.25) is 5.41 Å². The first-order chi connectivity index (χ1) is 7.82. The lowest BCUT2D eigenvalue weighted by Gasteiger charge is -2.06. The van der Waals surface area contributed by atoms with Crippen molar-refractivity contribution in [3.05, 3.63) is 46.7 Å². The van der Waals surface area contributed by atoms with Gasteiger partial charge >= 0.3 is 5.97 Å². The molecular formula is C11H9F2NO3. The van der Waals surface area contributed by atoms with Crippen molar-refractivity contribution in [2.75, 3.05) is 0 Å². The topological polar surface area (TPSA) is 81.4 Å². The highest BCUT2D eigenvalue weighted by molar-refractivity contribution is 6.25. The van der Waals surface area contributed by atoms with Crippen LogP contribution >= 0.6 is 0 Å². The van der Waals surface area contributed by atoms with Crippen LogP contribution in [0.15, 0.2) is 29.5 Å². The summed E-state index contributed by atoms with van der Waals surface area (Å²) < 4.78 is 25.8. The lowest BCUT2D eigenvalue weighted by Crippen LogP contribution is -2.15. The second-order valence-corrected chi connectivity index (χ2v) is 3.30. The third kappa shape index (κ3) is 2.87. The van der Waals surface area contributed by atoms with E-state index in [9.17, 15) is 13.6 Å². The Morgan fingerprint density at radius 2 is 1.65 bits per heavy atom. The van der Waals surface area contributed by atoms with Gasteiger partial charge in [-0.15, -0.1) is 0 Å². The molecule has 0 unspecified atom stereocenters. The van der Waals surface area contributed by atoms with Crippen molar-refractivity contribution >= 4 is 11.7 Å². The number of aliphatic hydroxyl groups is 1. The summed E-state index contributed by atoms with van der Waals surface area (Å²) in [5, 5.41) is 25.4. The quantitative estimate of drug-likeness (QED) is 0.431. The van der Waals surface area contributed by atoms with Crippen LogP contribution in [0.3, 0.4) is 0 Å². The van der Waals surface area contributed by atoms with Gasteiger partial charge in [0, 0.05) is 11.6 Å². The maximum atomic E-state index is 12.9. The van der Waals surface area contributed by atoms with Gasteiger partial charge < -0.3 is 10.2 Å². The fourth-order valence-electron chi connectivity index (χ4n) is 1.29. The highest BCUT2D eigenvalue weighted by atomic mass is 19.1. The van der Waals surface area contributed by atoms with Crippen LogP contribution in [0.25, 0.3) is 0 Å². The highest BCUT2D eigenvalue weighted by Crippen LogP contribution is 2.14. The zero-order valence-corrected chi connectivity index (χ0v) is 8.79. The van der Waals surface area contributed by atoms with Gasteiger partial charge in [-0.05, 0) is 19.1 Å². The molecule has 17 heavy (non-hydrogen) atoms. The average molecular weight is 241 g/mol. The van der Waals surface area contributed by atoms with Crippen LogP contribution in [-0.2, 0) is 4.79 Å². The molecule has 0 fully saturated rings. The zero-order chi connectivity index (χ0) is 13.2. The Kier molecular flexibility index (Phi) is 3.57. The molecular weight excluding hydrogens is 232 g/mol. The largest absolute Gasteiger partial charge is 0.512 e. The average Bonchev–Trinajstić information content (AvgIpc) is 2.14. The molecule has 1 aromatic carbocycles. The van der Waals surface area contributed by atoms with Crippen LogP contribution in [0.1, 0.15) is 12.5 Å². The van der Waals surface area contributed by atoms with Gasteiger partial charge in [0.2, 0.25) is 0 Å². The summed E-state index contributed by atoms with van der Waals surface area (Å²) >= 11 is 0. The molecule has 0 amide bonds. The van der Waals surface area contributed by atoms with Crippen molar-refractivity contribution in [1.82, 2.24) is 0 Å². The summed E-state index contributed by atoms with van der Waals surface area (Å²) in [4.78, 5) is 10.8. The first-order valence-electron chi connectivity index (χ1n) is 4.51. The summed E-state index contributed by atoms with van der Waals surface area (Å²) in [5.74, 6) is -4.00. The number of rotatable bonds is 3. The fraction of sp³-hybridized carbons (Fsp3) is 0.0909. The van der Waals surface area contributed by atoms with Crippen LogP contribution in [-0.4, -0.2) is 21.9 Å². The number of carboxylic acids is 1. The lowest BCUT2D eigenvalue weighted by molar-refractivity contribution is -0.132. The van der Waals surface area contributed by atoms with E-state index in [4.69, 9.17) is 15.6 Å². The SMILES string of the molecule is C/C(O)=C(/C(=N)c1cc(F)cc(F)c1)C(=O)O. The number of halogens is 2. The van der Waals surface area contributed by atoms with Gasteiger partial charge in [-0.25, -0.2) is 13.6 Å². The van der Waals surface area contributed by atoms with E-state index >= 15 is 0 Å². The summed E-state index contributed by atoms with van der Waals surface area (Å²) in [6.07, 6.45) is 0. The molecule has 0 spiro atoms. The van der Waals surface area contributed by atoms with Gasteiger partial charge in [-0.1, -0.05) is 0 Å². The van der Waals surface area contributed by atoms with Crippen molar-refractivity contribution in [3.63, 3.8) is 0 Å². The Labute approximate surface area is 95.3 Å². The number of aliphatic carboxylic acids is 1. The summed E-state index contributed by atoms with van der Waals surface area (Å²) in [6, 6.07) is 2.24. The van der Waals surface area contributed by atoms with Crippen LogP contribution in [0, 0.1) is 17.0 Å². The number of nitrogens with one attached hydrogen (secondary N) is 1. The maximum absolute atomic E-state index is 12.9. The highest BCUT2D eigenvalue weighted by Gasteiger charge is 2.19. The number of hydrogen-bond donors (Lipinski definition) is 3. The molecule has 0 radical (unpaired) electrons. The predicted molar refractivity (Wildman–Crippen MR) is 56.2 cm³/mol. The second-order valence-electron chi connectivity index (χ2n) is 3.30. The molecule has 1 aromatic rings. The molecule has 0 aliphatic carbocycles. The number of allylic oxidation sites excluding steroid dienone is 1. The van der Waals surface area contributed by atoms with Crippen LogP contribution in [0.4, 0.5) is 8.78 Å². The van der Waals surface area contributed by atoms with E-state index < -0.39 is 34.6 Å². The van der Waals surface area contributed by atoms with Crippen molar-refractivity contribution in [2.24, 2.45) is 0 Å². The van der Waals surface area contributed by atoms with Gasteiger partial charge in [0.25, 0.3) is 0 Å². The minimum Gasteiger partial charge on any atom is -0.512 e. The standard InChI is InChI=1S/C11H9F2NO3/c1-5(15)9(11(16)17)10(14)6-2-7(12)4-8(13)3-6/h2-4,14-15H,1H3,(H,16,17)/b9-5+,14-10?. The summed E-state index contributed by atoms with van der Waals surface area (Å²) in [7, 11) is 0. The number of benzene rings is 1. The Hall–Kier alpha value is -2.24. The first-order valence-corrected chi connectivity index (χ1v) is 4.51. The number of hydrogen-bond acceptors (Lipinski definition) is 3. The van der Waals surface area contributed by atoms with Crippen molar-refractivity contribution in [3.8, 4) is 0 Å². The van der Waals surface area contributed by atoms with E-state index in [-0.39, 0.29) is 5.56 Å².